The summed E-state index contributed by atoms with van der Waals surface area (Å²) >= 11 is 7.63. The molecule has 1 atom stereocenters. The van der Waals surface area contributed by atoms with Gasteiger partial charge in [0.15, 0.2) is 0 Å². The van der Waals surface area contributed by atoms with Gasteiger partial charge < -0.3 is 20.7 Å². The van der Waals surface area contributed by atoms with Crippen LogP contribution in [0.2, 0.25) is 5.02 Å². The molecule has 1 aliphatic heterocycles. The lowest BCUT2D eigenvalue weighted by Gasteiger charge is -2.23. The number of aromatic nitrogens is 3. The third kappa shape index (κ3) is 5.99. The van der Waals surface area contributed by atoms with Crippen LogP contribution < -0.4 is 20.7 Å². The zero-order chi connectivity index (χ0) is 24.7. The number of amides is 1. The van der Waals surface area contributed by atoms with Gasteiger partial charge in [-0.2, -0.15) is 0 Å². The van der Waals surface area contributed by atoms with Gasteiger partial charge in [-0.3, -0.25) is 4.79 Å². The maximum Gasteiger partial charge on any atom is 0.251 e. The first-order valence-electron chi connectivity index (χ1n) is 11.7. The number of halogens is 1. The van der Waals surface area contributed by atoms with Crippen LogP contribution in [0.1, 0.15) is 28.8 Å². The van der Waals surface area contributed by atoms with Gasteiger partial charge in [0.05, 0.1) is 11.2 Å². The van der Waals surface area contributed by atoms with E-state index in [2.05, 4.69) is 30.9 Å². The molecule has 4 aromatic rings. The van der Waals surface area contributed by atoms with Crippen molar-refractivity contribution in [1.29, 1.82) is 0 Å². The second-order valence-electron chi connectivity index (χ2n) is 8.34. The minimum Gasteiger partial charge on any atom is -0.437 e. The summed E-state index contributed by atoms with van der Waals surface area (Å²) in [5.41, 5.74) is 3.77. The molecule has 1 amide bonds. The molecule has 8 nitrogen and oxygen atoms in total. The molecular weight excluding hydrogens is 496 g/mol. The summed E-state index contributed by atoms with van der Waals surface area (Å²) in [5.74, 6) is 1.30. The fourth-order valence-electron chi connectivity index (χ4n) is 3.92. The van der Waals surface area contributed by atoms with Crippen molar-refractivity contribution in [2.24, 2.45) is 0 Å². The number of nitrogens with one attached hydrogen (secondary N) is 3. The van der Waals surface area contributed by atoms with E-state index in [1.165, 1.54) is 11.3 Å². The van der Waals surface area contributed by atoms with Crippen molar-refractivity contribution in [3.8, 4) is 22.2 Å². The third-order valence-corrected chi connectivity index (χ3v) is 6.96. The van der Waals surface area contributed by atoms with Crippen molar-refractivity contribution >= 4 is 34.8 Å². The van der Waals surface area contributed by atoms with Gasteiger partial charge in [0.1, 0.15) is 10.6 Å². The van der Waals surface area contributed by atoms with Crippen molar-refractivity contribution in [3.05, 3.63) is 82.5 Å². The van der Waals surface area contributed by atoms with Gasteiger partial charge in [-0.1, -0.05) is 35.9 Å². The van der Waals surface area contributed by atoms with E-state index >= 15 is 0 Å². The molecule has 0 saturated carbocycles. The molecular formula is C26H25ClN6O2S. The lowest BCUT2D eigenvalue weighted by Crippen LogP contribution is -2.38. The summed E-state index contributed by atoms with van der Waals surface area (Å²) in [6.45, 7) is 2.27. The number of piperidine rings is 1. The number of hydrogen-bond acceptors (Lipinski definition) is 8. The monoisotopic (exact) mass is 520 g/mol. The Morgan fingerprint density at radius 1 is 1.17 bits per heavy atom. The largest absolute Gasteiger partial charge is 0.437 e. The van der Waals surface area contributed by atoms with E-state index in [4.69, 9.17) is 16.3 Å². The zero-order valence-electron chi connectivity index (χ0n) is 19.4. The second-order valence-corrected chi connectivity index (χ2v) is 9.61. The number of carbonyl (C=O) groups excluding carboxylic acids is 1. The Morgan fingerprint density at radius 2 is 2.08 bits per heavy atom. The molecule has 36 heavy (non-hydrogen) atoms. The molecule has 2 aromatic carbocycles. The topological polar surface area (TPSA) is 101 Å². The highest BCUT2D eigenvalue weighted by molar-refractivity contribution is 7.13. The van der Waals surface area contributed by atoms with Gasteiger partial charge in [-0.05, 0) is 55.3 Å². The predicted octanol–water partition coefficient (Wildman–Crippen LogP) is 5.14. The van der Waals surface area contributed by atoms with Gasteiger partial charge >= 0.3 is 0 Å². The normalized spacial score (nSPS) is 15.3. The van der Waals surface area contributed by atoms with Crippen LogP contribution in [0.4, 0.5) is 5.95 Å². The Labute approximate surface area is 218 Å². The summed E-state index contributed by atoms with van der Waals surface area (Å²) in [6.07, 6.45) is 3.94. The van der Waals surface area contributed by atoms with Crippen molar-refractivity contribution < 1.29 is 9.53 Å². The molecule has 10 heteroatoms. The highest BCUT2D eigenvalue weighted by Crippen LogP contribution is 2.35. The minimum atomic E-state index is -0.220. The van der Waals surface area contributed by atoms with Gasteiger partial charge in [0.25, 0.3) is 5.91 Å². The minimum absolute atomic E-state index is 0.220. The van der Waals surface area contributed by atoms with Crippen molar-refractivity contribution in [3.63, 3.8) is 0 Å². The highest BCUT2D eigenvalue weighted by Gasteiger charge is 2.17. The average Bonchev–Trinajstić information content (AvgIpc) is 3.37. The number of benzene rings is 2. The Kier molecular flexibility index (Phi) is 7.70. The molecule has 3 N–H and O–H groups in total. The van der Waals surface area contributed by atoms with E-state index in [1.807, 2.05) is 24.3 Å². The van der Waals surface area contributed by atoms with E-state index in [9.17, 15) is 4.79 Å². The standard InChI is InChI=1S/C26H25ClN6O2S/c27-21-9-2-1-5-18(21)14-30-24(34)17-6-3-8-20(13-17)35-25-23(36-16-31-25)22-10-12-29-26(33-22)32-19-7-4-11-28-15-19/h1-3,5-6,8-10,12-13,16,19,28H,4,7,11,14-15H2,(H,30,34)(H,29,32,33)/t19-/m0/s1. The van der Waals surface area contributed by atoms with E-state index in [-0.39, 0.29) is 5.91 Å². The van der Waals surface area contributed by atoms with Gasteiger partial charge in [-0.25, -0.2) is 15.0 Å². The average molecular weight is 521 g/mol. The van der Waals surface area contributed by atoms with Crippen LogP contribution in [0.3, 0.4) is 0 Å². The number of anilines is 1. The van der Waals surface area contributed by atoms with Crippen LogP contribution in [0.25, 0.3) is 10.6 Å². The number of rotatable bonds is 8. The number of ether oxygens (including phenoxy) is 1. The molecule has 0 radical (unpaired) electrons. The van der Waals surface area contributed by atoms with Crippen molar-refractivity contribution in [2.45, 2.75) is 25.4 Å². The quantitative estimate of drug-likeness (QED) is 0.296. The Morgan fingerprint density at radius 3 is 2.94 bits per heavy atom. The summed E-state index contributed by atoms with van der Waals surface area (Å²) in [5, 5.41) is 10.3. The SMILES string of the molecule is O=C(NCc1ccccc1Cl)c1cccc(Oc2ncsc2-c2ccnc(N[C@H]3CCCNC3)n2)c1. The van der Waals surface area contributed by atoms with Crippen LogP contribution in [-0.4, -0.2) is 40.0 Å². The molecule has 0 spiro atoms. The van der Waals surface area contributed by atoms with E-state index in [0.717, 1.165) is 42.1 Å². The van der Waals surface area contributed by atoms with Crippen LogP contribution in [0, 0.1) is 0 Å². The molecule has 1 fully saturated rings. The first kappa shape index (κ1) is 24.2. The number of nitrogens with zero attached hydrogens (tertiary/aromatic N) is 3. The molecule has 0 aliphatic carbocycles. The molecule has 0 bridgehead atoms. The van der Waals surface area contributed by atoms with E-state index < -0.39 is 0 Å². The van der Waals surface area contributed by atoms with Crippen LogP contribution in [0.5, 0.6) is 11.6 Å². The number of carbonyl (C=O) groups is 1. The molecule has 3 heterocycles. The first-order chi connectivity index (χ1) is 17.7. The van der Waals surface area contributed by atoms with Gasteiger partial charge in [-0.15, -0.1) is 11.3 Å². The van der Waals surface area contributed by atoms with E-state index in [1.54, 1.807) is 42.0 Å². The smallest absolute Gasteiger partial charge is 0.251 e. The zero-order valence-corrected chi connectivity index (χ0v) is 21.0. The summed E-state index contributed by atoms with van der Waals surface area (Å²) in [7, 11) is 0. The summed E-state index contributed by atoms with van der Waals surface area (Å²) in [4.78, 5) is 26.9. The maximum atomic E-state index is 12.7. The summed E-state index contributed by atoms with van der Waals surface area (Å²) < 4.78 is 6.07. The van der Waals surface area contributed by atoms with Gasteiger partial charge in [0.2, 0.25) is 11.8 Å². The number of thiazole rings is 1. The second kappa shape index (κ2) is 11.5. The molecule has 2 aromatic heterocycles. The van der Waals surface area contributed by atoms with Crippen molar-refractivity contribution in [2.75, 3.05) is 18.4 Å². The maximum absolute atomic E-state index is 12.7. The summed E-state index contributed by atoms with van der Waals surface area (Å²) in [6, 6.07) is 16.5. The van der Waals surface area contributed by atoms with Crippen LogP contribution in [-0.2, 0) is 6.54 Å². The Hall–Kier alpha value is -3.53. The Balaban J connectivity index is 1.27. The lowest BCUT2D eigenvalue weighted by molar-refractivity contribution is 0.0950. The molecule has 0 unspecified atom stereocenters. The molecule has 184 valence electrons. The molecule has 5 rings (SSSR count). The van der Waals surface area contributed by atoms with Crippen molar-refractivity contribution in [1.82, 2.24) is 25.6 Å². The fraction of sp³-hybridized carbons (Fsp3) is 0.231. The first-order valence-corrected chi connectivity index (χ1v) is 12.9. The molecule has 1 saturated heterocycles. The third-order valence-electron chi connectivity index (χ3n) is 5.76. The predicted molar refractivity (Wildman–Crippen MR) is 142 cm³/mol. The Bertz CT molecular complexity index is 1340. The fourth-order valence-corrected chi connectivity index (χ4v) is 4.81. The van der Waals surface area contributed by atoms with Gasteiger partial charge in [0, 0.05) is 35.9 Å². The number of hydrogen-bond donors (Lipinski definition) is 3. The lowest BCUT2D eigenvalue weighted by atomic mass is 10.1. The highest BCUT2D eigenvalue weighted by atomic mass is 35.5. The molecule has 1 aliphatic rings. The van der Waals surface area contributed by atoms with Crippen LogP contribution in [0.15, 0.2) is 66.3 Å². The van der Waals surface area contributed by atoms with Crippen LogP contribution >= 0.6 is 22.9 Å². The van der Waals surface area contributed by atoms with E-state index in [0.29, 0.717) is 40.8 Å².